The minimum Gasteiger partial charge on any atom is -0.491 e. The van der Waals surface area contributed by atoms with Gasteiger partial charge < -0.3 is 19.4 Å². The van der Waals surface area contributed by atoms with Crippen LogP contribution in [0, 0.1) is 0 Å². The van der Waals surface area contributed by atoms with Gasteiger partial charge in [0.05, 0.1) is 25.0 Å². The highest BCUT2D eigenvalue weighted by Crippen LogP contribution is 2.19. The van der Waals surface area contributed by atoms with Crippen molar-refractivity contribution in [3.63, 3.8) is 0 Å². The maximum atomic E-state index is 12.7. The number of aromatic nitrogens is 4. The lowest BCUT2D eigenvalue weighted by Gasteiger charge is -2.09. The Morgan fingerprint density at radius 1 is 1.10 bits per heavy atom. The number of carbonyl (C=O) groups excluding carboxylic acids is 1. The van der Waals surface area contributed by atoms with E-state index in [4.69, 9.17) is 9.47 Å². The molecule has 3 heterocycles. The standard InChI is InChI=1S/C22H21N5O3/c1-29-8-9-30-19-6-2-5-18(11-19)26-22(28)17-10-20-21(24-13-17)27(15-25-20)14-16-4-3-7-23-12-16/h2-7,10-13,15H,8-9,14H2,1H3,(H,26,28). The maximum Gasteiger partial charge on any atom is 0.257 e. The van der Waals surface area contributed by atoms with Crippen molar-refractivity contribution in [1.82, 2.24) is 19.5 Å². The molecule has 1 amide bonds. The monoisotopic (exact) mass is 403 g/mol. The van der Waals surface area contributed by atoms with Crippen molar-refractivity contribution in [3.8, 4) is 5.75 Å². The Morgan fingerprint density at radius 3 is 2.87 bits per heavy atom. The van der Waals surface area contributed by atoms with Crippen LogP contribution < -0.4 is 10.1 Å². The van der Waals surface area contributed by atoms with Gasteiger partial charge in [-0.2, -0.15) is 0 Å². The third kappa shape index (κ3) is 4.61. The van der Waals surface area contributed by atoms with Crippen molar-refractivity contribution in [3.05, 3.63) is 78.5 Å². The zero-order chi connectivity index (χ0) is 20.8. The second kappa shape index (κ2) is 9.15. The Bertz CT molecular complexity index is 1140. The molecule has 8 heteroatoms. The molecule has 0 atom stereocenters. The van der Waals surface area contributed by atoms with Crippen LogP contribution in [0.1, 0.15) is 15.9 Å². The lowest BCUT2D eigenvalue weighted by molar-refractivity contribution is 0.102. The predicted octanol–water partition coefficient (Wildman–Crippen LogP) is 3.15. The van der Waals surface area contributed by atoms with Gasteiger partial charge in [0.2, 0.25) is 0 Å². The second-order valence-electron chi connectivity index (χ2n) is 6.62. The van der Waals surface area contributed by atoms with Crippen LogP contribution in [-0.4, -0.2) is 45.7 Å². The molecule has 3 aromatic heterocycles. The molecule has 0 unspecified atom stereocenters. The van der Waals surface area contributed by atoms with E-state index in [2.05, 4.69) is 20.3 Å². The van der Waals surface area contributed by atoms with Crippen LogP contribution in [0.5, 0.6) is 5.75 Å². The fourth-order valence-electron chi connectivity index (χ4n) is 2.99. The van der Waals surface area contributed by atoms with Gasteiger partial charge in [-0.15, -0.1) is 0 Å². The van der Waals surface area contributed by atoms with Gasteiger partial charge in [0.15, 0.2) is 5.65 Å². The zero-order valence-electron chi connectivity index (χ0n) is 16.5. The number of hydrogen-bond acceptors (Lipinski definition) is 6. The molecule has 8 nitrogen and oxygen atoms in total. The average Bonchev–Trinajstić information content (AvgIpc) is 3.17. The first-order valence-electron chi connectivity index (χ1n) is 9.46. The summed E-state index contributed by atoms with van der Waals surface area (Å²) in [6, 6.07) is 12.8. The predicted molar refractivity (Wildman–Crippen MR) is 113 cm³/mol. The number of ether oxygens (including phenoxy) is 2. The molecule has 0 saturated heterocycles. The highest BCUT2D eigenvalue weighted by molar-refractivity contribution is 6.05. The average molecular weight is 403 g/mol. The van der Waals surface area contributed by atoms with Gasteiger partial charge >= 0.3 is 0 Å². The van der Waals surface area contributed by atoms with Crippen LogP contribution >= 0.6 is 0 Å². The van der Waals surface area contributed by atoms with Crippen LogP contribution in [-0.2, 0) is 11.3 Å². The molecule has 0 fully saturated rings. The second-order valence-corrected chi connectivity index (χ2v) is 6.62. The van der Waals surface area contributed by atoms with E-state index in [9.17, 15) is 4.79 Å². The normalized spacial score (nSPS) is 10.8. The number of nitrogens with one attached hydrogen (secondary N) is 1. The summed E-state index contributed by atoms with van der Waals surface area (Å²) in [5, 5.41) is 2.87. The number of pyridine rings is 2. The van der Waals surface area contributed by atoms with Crippen molar-refractivity contribution in [2.75, 3.05) is 25.6 Å². The minimum atomic E-state index is -0.264. The maximum absolute atomic E-state index is 12.7. The van der Waals surface area contributed by atoms with Crippen molar-refractivity contribution in [2.24, 2.45) is 0 Å². The van der Waals surface area contributed by atoms with Crippen molar-refractivity contribution in [2.45, 2.75) is 6.54 Å². The molecule has 0 radical (unpaired) electrons. The largest absolute Gasteiger partial charge is 0.491 e. The van der Waals surface area contributed by atoms with E-state index in [1.807, 2.05) is 28.8 Å². The summed E-state index contributed by atoms with van der Waals surface area (Å²) in [4.78, 5) is 25.6. The van der Waals surface area contributed by atoms with Crippen LogP contribution in [0.25, 0.3) is 11.2 Å². The lowest BCUT2D eigenvalue weighted by atomic mass is 10.2. The van der Waals surface area contributed by atoms with Crippen molar-refractivity contribution in [1.29, 1.82) is 0 Å². The van der Waals surface area contributed by atoms with Crippen molar-refractivity contribution < 1.29 is 14.3 Å². The third-order valence-electron chi connectivity index (χ3n) is 4.44. The minimum absolute atomic E-state index is 0.264. The summed E-state index contributed by atoms with van der Waals surface area (Å²) in [5.74, 6) is 0.396. The Kier molecular flexibility index (Phi) is 5.95. The van der Waals surface area contributed by atoms with Crippen molar-refractivity contribution >= 4 is 22.8 Å². The van der Waals surface area contributed by atoms with E-state index in [0.29, 0.717) is 47.9 Å². The topological polar surface area (TPSA) is 91.2 Å². The number of hydrogen-bond donors (Lipinski definition) is 1. The van der Waals surface area contributed by atoms with E-state index in [1.165, 1.54) is 0 Å². The SMILES string of the molecule is COCCOc1cccc(NC(=O)c2cnc3c(c2)ncn3Cc2cccnc2)c1. The lowest BCUT2D eigenvalue weighted by Crippen LogP contribution is -2.12. The number of methoxy groups -OCH3 is 1. The van der Waals surface area contributed by atoms with Gasteiger partial charge in [0.25, 0.3) is 5.91 Å². The van der Waals surface area contributed by atoms with Crippen LogP contribution in [0.4, 0.5) is 5.69 Å². The summed E-state index contributed by atoms with van der Waals surface area (Å²) in [6.45, 7) is 1.55. The van der Waals surface area contributed by atoms with E-state index < -0.39 is 0 Å². The van der Waals surface area contributed by atoms with Gasteiger partial charge in [0.1, 0.15) is 17.9 Å². The first-order chi connectivity index (χ1) is 14.7. The quantitative estimate of drug-likeness (QED) is 0.455. The Morgan fingerprint density at radius 2 is 2.03 bits per heavy atom. The molecular weight excluding hydrogens is 382 g/mol. The number of carbonyl (C=O) groups is 1. The Labute approximate surface area is 173 Å². The first-order valence-corrected chi connectivity index (χ1v) is 9.46. The molecule has 0 aliphatic heterocycles. The molecule has 30 heavy (non-hydrogen) atoms. The van der Waals surface area contributed by atoms with Gasteiger partial charge in [-0.1, -0.05) is 12.1 Å². The van der Waals surface area contributed by atoms with E-state index in [0.717, 1.165) is 5.56 Å². The highest BCUT2D eigenvalue weighted by Gasteiger charge is 2.12. The molecule has 0 aliphatic rings. The fourth-order valence-corrected chi connectivity index (χ4v) is 2.99. The first kappa shape index (κ1) is 19.5. The molecule has 4 rings (SSSR count). The Hall–Kier alpha value is -3.78. The molecule has 0 bridgehead atoms. The smallest absolute Gasteiger partial charge is 0.257 e. The van der Waals surface area contributed by atoms with Gasteiger partial charge in [0, 0.05) is 37.5 Å². The molecule has 4 aromatic rings. The van der Waals surface area contributed by atoms with E-state index in [-0.39, 0.29) is 5.91 Å². The van der Waals surface area contributed by atoms with Crippen LogP contribution in [0.2, 0.25) is 0 Å². The molecule has 1 aromatic carbocycles. The van der Waals surface area contributed by atoms with Gasteiger partial charge in [-0.25, -0.2) is 9.97 Å². The van der Waals surface area contributed by atoms with Gasteiger partial charge in [-0.05, 0) is 29.8 Å². The number of rotatable bonds is 8. The zero-order valence-corrected chi connectivity index (χ0v) is 16.5. The number of amides is 1. The highest BCUT2D eigenvalue weighted by atomic mass is 16.5. The number of benzene rings is 1. The number of imidazole rings is 1. The molecule has 152 valence electrons. The molecule has 0 saturated carbocycles. The third-order valence-corrected chi connectivity index (χ3v) is 4.44. The van der Waals surface area contributed by atoms with Crippen LogP contribution in [0.3, 0.4) is 0 Å². The molecular formula is C22H21N5O3. The Balaban J connectivity index is 1.47. The fraction of sp³-hybridized carbons (Fsp3) is 0.182. The summed E-state index contributed by atoms with van der Waals surface area (Å²) in [7, 11) is 1.62. The summed E-state index contributed by atoms with van der Waals surface area (Å²) in [5.41, 5.74) is 3.48. The number of nitrogens with zero attached hydrogens (tertiary/aromatic N) is 4. The molecule has 0 aliphatic carbocycles. The summed E-state index contributed by atoms with van der Waals surface area (Å²) < 4.78 is 12.5. The number of fused-ring (bicyclic) bond motifs is 1. The molecule has 0 spiro atoms. The van der Waals surface area contributed by atoms with Gasteiger partial charge in [-0.3, -0.25) is 9.78 Å². The molecule has 1 N–H and O–H groups in total. The number of anilines is 1. The van der Waals surface area contributed by atoms with Crippen LogP contribution in [0.15, 0.2) is 67.4 Å². The van der Waals surface area contributed by atoms with E-state index in [1.54, 1.807) is 50.2 Å². The van der Waals surface area contributed by atoms with E-state index >= 15 is 0 Å². The summed E-state index contributed by atoms with van der Waals surface area (Å²) in [6.07, 6.45) is 6.81. The summed E-state index contributed by atoms with van der Waals surface area (Å²) >= 11 is 0.